The number of carbonyl (C=O) groups excluding carboxylic acids is 1. The maximum absolute atomic E-state index is 12.5. The number of nitrogens with one attached hydrogen (secondary N) is 1. The summed E-state index contributed by atoms with van der Waals surface area (Å²) >= 11 is 0. The van der Waals surface area contributed by atoms with E-state index in [0.29, 0.717) is 24.8 Å². The molecule has 5 nitrogen and oxygen atoms in total. The van der Waals surface area contributed by atoms with Crippen molar-refractivity contribution in [2.75, 3.05) is 33.0 Å². The van der Waals surface area contributed by atoms with Crippen LogP contribution in [0.2, 0.25) is 0 Å². The number of alkyl halides is 1. The number of piperidine rings is 1. The Morgan fingerprint density at radius 2 is 1.96 bits per heavy atom. The number of ether oxygens (including phenoxy) is 1. The van der Waals surface area contributed by atoms with Crippen molar-refractivity contribution >= 4 is 5.91 Å². The van der Waals surface area contributed by atoms with Crippen molar-refractivity contribution < 1.29 is 18.8 Å². The highest BCUT2D eigenvalue weighted by atomic mass is 19.1. The molecule has 0 bridgehead atoms. The Morgan fingerprint density at radius 3 is 2.75 bits per heavy atom. The number of rotatable bonds is 7. The molecule has 1 N–H and O–H groups in total. The van der Waals surface area contributed by atoms with Crippen LogP contribution in [0.4, 0.5) is 4.39 Å². The van der Waals surface area contributed by atoms with Gasteiger partial charge < -0.3 is 10.1 Å². The standard InChI is InChI=1S/C22H25FN2O3/c23-10-12-27-19-7-5-16(6-8-19)20-9-11-24-13-18(20)15-28-25-14-17-3-1-2-4-21(17)22(25)26/h1-8,18,20,24H,9-15H2/t18-,20-/m0/s1. The molecule has 1 saturated heterocycles. The largest absolute Gasteiger partial charge is 0.491 e. The van der Waals surface area contributed by atoms with Crippen LogP contribution in [0.15, 0.2) is 48.5 Å². The lowest BCUT2D eigenvalue weighted by Crippen LogP contribution is -2.39. The van der Waals surface area contributed by atoms with Gasteiger partial charge in [-0.2, -0.15) is 0 Å². The second-order valence-electron chi connectivity index (χ2n) is 7.26. The van der Waals surface area contributed by atoms with Crippen molar-refractivity contribution in [3.05, 3.63) is 65.2 Å². The van der Waals surface area contributed by atoms with Crippen molar-refractivity contribution in [3.63, 3.8) is 0 Å². The fraction of sp³-hybridized carbons (Fsp3) is 0.409. The first-order valence-corrected chi connectivity index (χ1v) is 9.78. The zero-order chi connectivity index (χ0) is 19.3. The van der Waals surface area contributed by atoms with E-state index in [-0.39, 0.29) is 18.4 Å². The summed E-state index contributed by atoms with van der Waals surface area (Å²) in [6.45, 7) is 2.37. The van der Waals surface area contributed by atoms with E-state index in [1.54, 1.807) is 0 Å². The topological polar surface area (TPSA) is 50.8 Å². The predicted molar refractivity (Wildman–Crippen MR) is 104 cm³/mol. The van der Waals surface area contributed by atoms with Gasteiger partial charge in [-0.3, -0.25) is 9.63 Å². The first-order chi connectivity index (χ1) is 13.8. The Labute approximate surface area is 164 Å². The van der Waals surface area contributed by atoms with Crippen molar-refractivity contribution in [1.82, 2.24) is 10.4 Å². The molecule has 0 radical (unpaired) electrons. The summed E-state index contributed by atoms with van der Waals surface area (Å²) in [6.07, 6.45) is 1.01. The molecular formula is C22H25FN2O3. The van der Waals surface area contributed by atoms with E-state index in [4.69, 9.17) is 9.57 Å². The fourth-order valence-corrected chi connectivity index (χ4v) is 4.02. The average molecular weight is 384 g/mol. The van der Waals surface area contributed by atoms with Crippen molar-refractivity contribution in [2.45, 2.75) is 18.9 Å². The van der Waals surface area contributed by atoms with Gasteiger partial charge in [0.05, 0.1) is 13.2 Å². The van der Waals surface area contributed by atoms with Crippen LogP contribution in [0.3, 0.4) is 0 Å². The van der Waals surface area contributed by atoms with Gasteiger partial charge >= 0.3 is 0 Å². The quantitative estimate of drug-likeness (QED) is 0.796. The summed E-state index contributed by atoms with van der Waals surface area (Å²) in [4.78, 5) is 18.4. The Morgan fingerprint density at radius 1 is 1.14 bits per heavy atom. The highest BCUT2D eigenvalue weighted by Gasteiger charge is 2.31. The van der Waals surface area contributed by atoms with Gasteiger partial charge in [0, 0.05) is 18.0 Å². The molecule has 0 aliphatic carbocycles. The summed E-state index contributed by atoms with van der Waals surface area (Å²) in [5.74, 6) is 1.23. The van der Waals surface area contributed by atoms with Gasteiger partial charge in [-0.05, 0) is 48.2 Å². The van der Waals surface area contributed by atoms with E-state index in [1.807, 2.05) is 48.5 Å². The minimum absolute atomic E-state index is 0.0646. The molecule has 28 heavy (non-hydrogen) atoms. The van der Waals surface area contributed by atoms with E-state index < -0.39 is 6.67 Å². The van der Waals surface area contributed by atoms with Gasteiger partial charge in [0.2, 0.25) is 0 Å². The molecule has 0 unspecified atom stereocenters. The van der Waals surface area contributed by atoms with Crippen LogP contribution in [0.25, 0.3) is 0 Å². The first kappa shape index (κ1) is 18.9. The Balaban J connectivity index is 1.39. The second-order valence-corrected chi connectivity index (χ2v) is 7.26. The molecule has 4 rings (SSSR count). The maximum atomic E-state index is 12.5. The van der Waals surface area contributed by atoms with Crippen LogP contribution < -0.4 is 10.1 Å². The highest BCUT2D eigenvalue weighted by Crippen LogP contribution is 2.32. The lowest BCUT2D eigenvalue weighted by Gasteiger charge is -2.33. The van der Waals surface area contributed by atoms with Crippen LogP contribution in [-0.4, -0.2) is 43.9 Å². The molecule has 2 aliphatic rings. The summed E-state index contributed by atoms with van der Waals surface area (Å²) in [5.41, 5.74) is 2.96. The van der Waals surface area contributed by atoms with E-state index in [2.05, 4.69) is 5.32 Å². The van der Waals surface area contributed by atoms with Crippen LogP contribution in [-0.2, 0) is 11.4 Å². The molecule has 2 aromatic rings. The number of benzene rings is 2. The molecule has 6 heteroatoms. The third-order valence-corrected chi connectivity index (χ3v) is 5.49. The highest BCUT2D eigenvalue weighted by molar-refractivity contribution is 5.97. The number of halogens is 1. The molecule has 0 saturated carbocycles. The van der Waals surface area contributed by atoms with E-state index in [1.165, 1.54) is 10.6 Å². The fourth-order valence-electron chi connectivity index (χ4n) is 4.02. The smallest absolute Gasteiger partial charge is 0.278 e. The zero-order valence-corrected chi connectivity index (χ0v) is 15.8. The van der Waals surface area contributed by atoms with Crippen molar-refractivity contribution in [3.8, 4) is 5.75 Å². The molecule has 0 spiro atoms. The summed E-state index contributed by atoms with van der Waals surface area (Å²) in [5, 5.41) is 4.90. The number of amides is 1. The SMILES string of the molecule is O=C1c2ccccc2CN1OC[C@@H]1CNCC[C@H]1c1ccc(OCCF)cc1. The molecule has 0 aromatic heterocycles. The normalized spacial score (nSPS) is 21.6. The van der Waals surface area contributed by atoms with E-state index >= 15 is 0 Å². The predicted octanol–water partition coefficient (Wildman–Crippen LogP) is 3.32. The molecule has 2 heterocycles. The second kappa shape index (κ2) is 8.71. The number of nitrogens with zero attached hydrogens (tertiary/aromatic N) is 1. The number of hydrogen-bond donors (Lipinski definition) is 1. The summed E-state index contributed by atoms with van der Waals surface area (Å²) < 4.78 is 17.6. The Hall–Kier alpha value is -2.44. The van der Waals surface area contributed by atoms with Gasteiger partial charge in [0.1, 0.15) is 19.0 Å². The number of hydroxylamine groups is 2. The number of hydrogen-bond acceptors (Lipinski definition) is 4. The van der Waals surface area contributed by atoms with Gasteiger partial charge in [-0.25, -0.2) is 9.45 Å². The van der Waals surface area contributed by atoms with Crippen molar-refractivity contribution in [2.24, 2.45) is 5.92 Å². The lowest BCUT2D eigenvalue weighted by molar-refractivity contribution is -0.139. The average Bonchev–Trinajstić information content (AvgIpc) is 3.07. The zero-order valence-electron chi connectivity index (χ0n) is 15.8. The third-order valence-electron chi connectivity index (χ3n) is 5.49. The van der Waals surface area contributed by atoms with E-state index in [0.717, 1.165) is 30.6 Å². The van der Waals surface area contributed by atoms with Gasteiger partial charge in [-0.15, -0.1) is 0 Å². The van der Waals surface area contributed by atoms with Gasteiger partial charge in [0.25, 0.3) is 5.91 Å². The molecule has 2 aromatic carbocycles. The summed E-state index contributed by atoms with van der Waals surface area (Å²) in [6, 6.07) is 15.5. The Bertz CT molecular complexity index is 812. The minimum atomic E-state index is -0.492. The monoisotopic (exact) mass is 384 g/mol. The number of fused-ring (bicyclic) bond motifs is 1. The first-order valence-electron chi connectivity index (χ1n) is 9.78. The van der Waals surface area contributed by atoms with E-state index in [9.17, 15) is 9.18 Å². The summed E-state index contributed by atoms with van der Waals surface area (Å²) in [7, 11) is 0. The molecule has 2 atom stereocenters. The number of carbonyl (C=O) groups is 1. The van der Waals surface area contributed by atoms with Crippen LogP contribution in [0.5, 0.6) is 5.75 Å². The van der Waals surface area contributed by atoms with Crippen LogP contribution in [0.1, 0.15) is 33.8 Å². The van der Waals surface area contributed by atoms with Gasteiger partial charge in [0.15, 0.2) is 0 Å². The lowest BCUT2D eigenvalue weighted by atomic mass is 9.81. The minimum Gasteiger partial charge on any atom is -0.491 e. The molecule has 148 valence electrons. The van der Waals surface area contributed by atoms with Crippen LogP contribution >= 0.6 is 0 Å². The molecule has 1 fully saturated rings. The van der Waals surface area contributed by atoms with Crippen molar-refractivity contribution in [1.29, 1.82) is 0 Å². The third kappa shape index (κ3) is 4.03. The molecular weight excluding hydrogens is 359 g/mol. The molecule has 2 aliphatic heterocycles. The Kier molecular flexibility index (Phi) is 5.88. The molecule has 1 amide bonds. The van der Waals surface area contributed by atoms with Gasteiger partial charge in [-0.1, -0.05) is 30.3 Å². The van der Waals surface area contributed by atoms with Crippen LogP contribution in [0, 0.1) is 5.92 Å². The maximum Gasteiger partial charge on any atom is 0.278 e.